The molecular formula is C31H36N6O3S. The maximum Gasteiger partial charge on any atom is 0.282 e. The molecule has 0 bridgehead atoms. The minimum absolute atomic E-state index is 0.102. The van der Waals surface area contributed by atoms with Crippen LogP contribution in [0.5, 0.6) is 5.75 Å². The third kappa shape index (κ3) is 4.85. The molecule has 2 aliphatic rings. The van der Waals surface area contributed by atoms with E-state index in [9.17, 15) is 8.42 Å². The van der Waals surface area contributed by atoms with Crippen LogP contribution in [-0.2, 0) is 17.1 Å². The van der Waals surface area contributed by atoms with E-state index in [0.717, 1.165) is 61.0 Å². The number of sulfonamides is 1. The molecule has 10 heteroatoms. The average Bonchev–Trinajstić information content (AvgIpc) is 3.31. The zero-order valence-corrected chi connectivity index (χ0v) is 24.9. The highest BCUT2D eigenvalue weighted by Crippen LogP contribution is 2.48. The maximum absolute atomic E-state index is 14.2. The summed E-state index contributed by atoms with van der Waals surface area (Å²) in [6.07, 6.45) is 0.691. The Morgan fingerprint density at radius 3 is 2.37 bits per heavy atom. The molecule has 0 unspecified atom stereocenters. The summed E-state index contributed by atoms with van der Waals surface area (Å²) in [6.45, 7) is 8.51. The van der Waals surface area contributed by atoms with Gasteiger partial charge in [-0.15, -0.1) is 0 Å². The highest BCUT2D eigenvalue weighted by atomic mass is 32.2. The van der Waals surface area contributed by atoms with Gasteiger partial charge in [0.2, 0.25) is 0 Å². The minimum atomic E-state index is -3.89. The Hall–Kier alpha value is -3.89. The molecule has 41 heavy (non-hydrogen) atoms. The zero-order valence-electron chi connectivity index (χ0n) is 24.0. The molecule has 0 N–H and O–H groups in total. The third-order valence-corrected chi connectivity index (χ3v) is 9.76. The molecule has 2 aromatic carbocycles. The van der Waals surface area contributed by atoms with E-state index in [0.29, 0.717) is 35.6 Å². The van der Waals surface area contributed by atoms with Crippen molar-refractivity contribution in [2.45, 2.75) is 25.3 Å². The molecule has 2 aromatic heterocycles. The lowest BCUT2D eigenvalue weighted by Gasteiger charge is -2.37. The van der Waals surface area contributed by atoms with Gasteiger partial charge in [-0.3, -0.25) is 13.9 Å². The standard InChI is InChI=1S/C31H36N6O3S/c1-22-21-23(2)32-31-27(22)28-30(29(34(3)33-28)24-11-6-5-7-12-24)37(41(31,38)39)16-10-15-35-17-19-36(20-18-35)25-13-8-9-14-26(25)40-4/h5-9,11-14,21H,10,15-20H2,1-4H3. The lowest BCUT2D eigenvalue weighted by Crippen LogP contribution is -2.47. The number of aromatic nitrogens is 3. The Morgan fingerprint density at radius 1 is 0.927 bits per heavy atom. The van der Waals surface area contributed by atoms with Crippen molar-refractivity contribution in [1.82, 2.24) is 19.7 Å². The minimum Gasteiger partial charge on any atom is -0.495 e. The highest BCUT2D eigenvalue weighted by molar-refractivity contribution is 7.93. The first-order valence-electron chi connectivity index (χ1n) is 14.0. The number of hydrogen-bond acceptors (Lipinski definition) is 7. The number of aryl methyl sites for hydroxylation is 3. The van der Waals surface area contributed by atoms with Gasteiger partial charge in [0.25, 0.3) is 10.0 Å². The highest BCUT2D eigenvalue weighted by Gasteiger charge is 2.41. The summed E-state index contributed by atoms with van der Waals surface area (Å²) >= 11 is 0. The van der Waals surface area contributed by atoms with Gasteiger partial charge in [0.05, 0.1) is 18.5 Å². The number of hydrogen-bond donors (Lipinski definition) is 0. The number of anilines is 2. The first-order chi connectivity index (χ1) is 19.8. The second kappa shape index (κ2) is 10.8. The number of piperazine rings is 1. The fourth-order valence-corrected chi connectivity index (χ4v) is 7.88. The lowest BCUT2D eigenvalue weighted by molar-refractivity contribution is 0.255. The van der Waals surface area contributed by atoms with Crippen molar-refractivity contribution >= 4 is 21.4 Å². The summed E-state index contributed by atoms with van der Waals surface area (Å²) in [6, 6.07) is 19.9. The molecule has 0 spiro atoms. The first kappa shape index (κ1) is 27.3. The van der Waals surface area contributed by atoms with Gasteiger partial charge in [-0.05, 0) is 44.0 Å². The van der Waals surface area contributed by atoms with E-state index in [-0.39, 0.29) is 5.03 Å². The number of pyridine rings is 1. The van der Waals surface area contributed by atoms with Crippen molar-refractivity contribution in [3.63, 3.8) is 0 Å². The van der Waals surface area contributed by atoms with E-state index in [1.54, 1.807) is 16.1 Å². The topological polar surface area (TPSA) is 83.8 Å². The molecule has 0 amide bonds. The van der Waals surface area contributed by atoms with E-state index in [1.165, 1.54) is 0 Å². The van der Waals surface area contributed by atoms with Crippen molar-refractivity contribution in [2.24, 2.45) is 7.05 Å². The molecule has 1 fully saturated rings. The van der Waals surface area contributed by atoms with Gasteiger partial charge < -0.3 is 9.64 Å². The SMILES string of the molecule is COc1ccccc1N1CCN(CCCN2c3c(nn(C)c3-c3ccccc3)-c3c(C)cc(C)nc3S2(=O)=O)CC1. The lowest BCUT2D eigenvalue weighted by atomic mass is 10.0. The monoisotopic (exact) mass is 572 g/mol. The average molecular weight is 573 g/mol. The van der Waals surface area contributed by atoms with E-state index < -0.39 is 10.0 Å². The molecule has 1 saturated heterocycles. The van der Waals surface area contributed by atoms with E-state index in [4.69, 9.17) is 9.84 Å². The second-order valence-electron chi connectivity index (χ2n) is 10.7. The van der Waals surface area contributed by atoms with Crippen LogP contribution < -0.4 is 13.9 Å². The third-order valence-electron chi connectivity index (χ3n) is 8.04. The number of ether oxygens (including phenoxy) is 1. The van der Waals surface area contributed by atoms with Crippen LogP contribution in [0.4, 0.5) is 11.4 Å². The summed E-state index contributed by atoms with van der Waals surface area (Å²) in [7, 11) is -0.302. The summed E-state index contributed by atoms with van der Waals surface area (Å²) in [4.78, 5) is 9.29. The first-order valence-corrected chi connectivity index (χ1v) is 15.5. The number of rotatable bonds is 7. The number of benzene rings is 2. The van der Waals surface area contributed by atoms with Crippen LogP contribution in [0.2, 0.25) is 0 Å². The van der Waals surface area contributed by atoms with Crippen LogP contribution in [0, 0.1) is 13.8 Å². The van der Waals surface area contributed by atoms with Crippen LogP contribution >= 0.6 is 0 Å². The number of nitrogens with zero attached hydrogens (tertiary/aromatic N) is 6. The molecular weight excluding hydrogens is 536 g/mol. The summed E-state index contributed by atoms with van der Waals surface area (Å²) in [5.74, 6) is 0.886. The van der Waals surface area contributed by atoms with Crippen molar-refractivity contribution in [2.75, 3.05) is 55.6 Å². The molecule has 4 aromatic rings. The molecule has 0 radical (unpaired) electrons. The smallest absolute Gasteiger partial charge is 0.282 e. The number of methoxy groups -OCH3 is 1. The van der Waals surface area contributed by atoms with Crippen LogP contribution in [-0.4, -0.2) is 74.5 Å². The summed E-state index contributed by atoms with van der Waals surface area (Å²) in [5, 5.41) is 4.97. The van der Waals surface area contributed by atoms with Gasteiger partial charge in [-0.2, -0.15) is 13.5 Å². The molecule has 0 atom stereocenters. The van der Waals surface area contributed by atoms with Gasteiger partial charge >= 0.3 is 0 Å². The fraction of sp³-hybridized carbons (Fsp3) is 0.355. The molecule has 6 rings (SSSR count). The summed E-state index contributed by atoms with van der Waals surface area (Å²) in [5.41, 5.74) is 6.30. The molecule has 9 nitrogen and oxygen atoms in total. The Balaban J connectivity index is 1.26. The Bertz CT molecular complexity index is 1680. The van der Waals surface area contributed by atoms with Gasteiger partial charge in [0.15, 0.2) is 5.03 Å². The second-order valence-corrected chi connectivity index (χ2v) is 12.5. The summed E-state index contributed by atoms with van der Waals surface area (Å²) < 4.78 is 37.3. The predicted octanol–water partition coefficient (Wildman–Crippen LogP) is 4.50. The Labute approximate surface area is 242 Å². The predicted molar refractivity (Wildman–Crippen MR) is 162 cm³/mol. The van der Waals surface area contributed by atoms with Crippen molar-refractivity contribution in [3.05, 3.63) is 71.9 Å². The van der Waals surface area contributed by atoms with E-state index in [1.807, 2.05) is 75.5 Å². The van der Waals surface area contributed by atoms with Crippen LogP contribution in [0.25, 0.3) is 22.5 Å². The van der Waals surface area contributed by atoms with Gasteiger partial charge in [-0.25, -0.2) is 4.98 Å². The van der Waals surface area contributed by atoms with Crippen LogP contribution in [0.3, 0.4) is 0 Å². The zero-order chi connectivity index (χ0) is 28.7. The van der Waals surface area contributed by atoms with Crippen molar-refractivity contribution in [1.29, 1.82) is 0 Å². The van der Waals surface area contributed by atoms with Gasteiger partial charge in [0.1, 0.15) is 17.1 Å². The van der Waals surface area contributed by atoms with Gasteiger partial charge in [0, 0.05) is 63.1 Å². The Morgan fingerprint density at radius 2 is 1.63 bits per heavy atom. The largest absolute Gasteiger partial charge is 0.495 e. The molecule has 4 heterocycles. The number of fused-ring (bicyclic) bond motifs is 3. The van der Waals surface area contributed by atoms with Crippen molar-refractivity contribution in [3.8, 4) is 28.3 Å². The fourth-order valence-electron chi connectivity index (χ4n) is 6.11. The van der Waals surface area contributed by atoms with Crippen LogP contribution in [0.1, 0.15) is 17.7 Å². The Kier molecular flexibility index (Phi) is 7.21. The van der Waals surface area contributed by atoms with E-state index in [2.05, 4.69) is 20.9 Å². The quantitative estimate of drug-likeness (QED) is 0.323. The van der Waals surface area contributed by atoms with Crippen molar-refractivity contribution < 1.29 is 13.2 Å². The molecule has 0 aliphatic carbocycles. The maximum atomic E-state index is 14.2. The normalized spacial score (nSPS) is 16.4. The van der Waals surface area contributed by atoms with Gasteiger partial charge in [-0.1, -0.05) is 42.5 Å². The molecule has 0 saturated carbocycles. The number of para-hydroxylation sites is 2. The molecule has 214 valence electrons. The van der Waals surface area contributed by atoms with E-state index >= 15 is 0 Å². The van der Waals surface area contributed by atoms with Crippen LogP contribution in [0.15, 0.2) is 65.7 Å². The molecule has 2 aliphatic heterocycles.